The summed E-state index contributed by atoms with van der Waals surface area (Å²) in [6.07, 6.45) is 0. The molecule has 1 aromatic heterocycles. The molecule has 4 heteroatoms. The molecule has 1 heterocycles. The molecule has 0 N–H and O–H groups in total. The summed E-state index contributed by atoms with van der Waals surface area (Å²) < 4.78 is 4.22. The summed E-state index contributed by atoms with van der Waals surface area (Å²) in [5.41, 5.74) is 2.16. The number of rotatable bonds is 1. The Balaban J connectivity index is 3.05. The molecule has 0 atom stereocenters. The molecule has 0 radical (unpaired) electrons. The van der Waals surface area contributed by atoms with Crippen molar-refractivity contribution >= 4 is 18.9 Å². The van der Waals surface area contributed by atoms with E-state index in [0.717, 1.165) is 11.3 Å². The molecule has 1 rings (SSSR count). The average molecular weight is 183 g/mol. The number of aryl methyl sites for hydroxylation is 2. The minimum Gasteiger partial charge on any atom is -0.390 e. The maximum atomic E-state index is 10.9. The van der Waals surface area contributed by atoms with E-state index in [9.17, 15) is 4.79 Å². The van der Waals surface area contributed by atoms with Crippen LogP contribution in [0.2, 0.25) is 0 Å². The van der Waals surface area contributed by atoms with Gasteiger partial charge in [-0.2, -0.15) is 0 Å². The molecule has 0 saturated carbocycles. The third-order valence-corrected chi connectivity index (χ3v) is 1.81. The van der Waals surface area contributed by atoms with Gasteiger partial charge in [0.25, 0.3) is 0 Å². The first-order valence-electron chi connectivity index (χ1n) is 3.45. The van der Waals surface area contributed by atoms with E-state index in [4.69, 9.17) is 0 Å². The Hall–Kier alpha value is -1.03. The molecule has 0 aliphatic rings. The third kappa shape index (κ3) is 1.76. The zero-order valence-corrected chi connectivity index (χ0v) is 7.76. The molecule has 0 spiro atoms. The van der Waals surface area contributed by atoms with Crippen LogP contribution in [0.5, 0.6) is 0 Å². The van der Waals surface area contributed by atoms with Crippen LogP contribution in [0.15, 0.2) is 12.1 Å². The maximum Gasteiger partial charge on any atom is 0.368 e. The molecule has 1 aromatic rings. The maximum absolute atomic E-state index is 10.9. The number of nitrogens with zero attached hydrogens (tertiary/aromatic N) is 1. The quantitative estimate of drug-likeness (QED) is 0.532. The van der Waals surface area contributed by atoms with E-state index in [2.05, 4.69) is 22.1 Å². The van der Waals surface area contributed by atoms with Gasteiger partial charge in [0.05, 0.1) is 0 Å². The van der Waals surface area contributed by atoms with Gasteiger partial charge < -0.3 is 4.18 Å². The van der Waals surface area contributed by atoms with Crippen LogP contribution in [0, 0.1) is 13.8 Å². The van der Waals surface area contributed by atoms with Crippen LogP contribution >= 0.6 is 12.9 Å². The number of carbonyl (C=O) groups is 1. The van der Waals surface area contributed by atoms with Crippen molar-refractivity contribution in [2.45, 2.75) is 13.8 Å². The van der Waals surface area contributed by atoms with Gasteiger partial charge in [0.1, 0.15) is 5.69 Å². The summed E-state index contributed by atoms with van der Waals surface area (Å²) in [5, 5.41) is 0. The summed E-state index contributed by atoms with van der Waals surface area (Å²) >= 11 is 3.40. The lowest BCUT2D eigenvalue weighted by atomic mass is 10.2. The molecular formula is C8H9NO2S. The van der Waals surface area contributed by atoms with Crippen LogP contribution in [0.25, 0.3) is 0 Å². The summed E-state index contributed by atoms with van der Waals surface area (Å²) in [6, 6.07) is 3.43. The van der Waals surface area contributed by atoms with Crippen molar-refractivity contribution in [2.24, 2.45) is 0 Å². The van der Waals surface area contributed by atoms with Crippen LogP contribution in [0.3, 0.4) is 0 Å². The lowest BCUT2D eigenvalue weighted by Gasteiger charge is -2.00. The number of pyridine rings is 1. The van der Waals surface area contributed by atoms with Gasteiger partial charge in [-0.1, -0.05) is 6.07 Å². The van der Waals surface area contributed by atoms with Crippen LogP contribution < -0.4 is 0 Å². The molecule has 0 aliphatic heterocycles. The SMILES string of the molecule is Cc1ccc(C(=O)OS)nc1C. The highest BCUT2D eigenvalue weighted by molar-refractivity contribution is 7.75. The molecule has 0 saturated heterocycles. The van der Waals surface area contributed by atoms with Crippen molar-refractivity contribution in [1.82, 2.24) is 4.98 Å². The fourth-order valence-corrected chi connectivity index (χ4v) is 0.885. The van der Waals surface area contributed by atoms with E-state index >= 15 is 0 Å². The van der Waals surface area contributed by atoms with Crippen LogP contribution in [-0.4, -0.2) is 11.0 Å². The second kappa shape index (κ2) is 3.58. The van der Waals surface area contributed by atoms with Gasteiger partial charge in [0, 0.05) is 18.6 Å². The van der Waals surface area contributed by atoms with Crippen molar-refractivity contribution < 1.29 is 8.98 Å². The molecule has 0 bridgehead atoms. The van der Waals surface area contributed by atoms with Crippen molar-refractivity contribution in [2.75, 3.05) is 0 Å². The molecular weight excluding hydrogens is 174 g/mol. The van der Waals surface area contributed by atoms with Crippen LogP contribution in [0.4, 0.5) is 0 Å². The van der Waals surface area contributed by atoms with Crippen molar-refractivity contribution in [3.05, 3.63) is 29.1 Å². The van der Waals surface area contributed by atoms with Crippen LogP contribution in [0.1, 0.15) is 21.7 Å². The Bertz CT molecular complexity index is 312. The van der Waals surface area contributed by atoms with Crippen molar-refractivity contribution in [1.29, 1.82) is 0 Å². The first-order valence-corrected chi connectivity index (χ1v) is 3.81. The number of thiol groups is 1. The Labute approximate surface area is 76.4 Å². The van der Waals surface area contributed by atoms with E-state index in [1.165, 1.54) is 0 Å². The number of carbonyl (C=O) groups excluding carboxylic acids is 1. The third-order valence-electron chi connectivity index (χ3n) is 1.64. The van der Waals surface area contributed by atoms with Gasteiger partial charge in [0.2, 0.25) is 0 Å². The Morgan fingerprint density at radius 2 is 2.17 bits per heavy atom. The summed E-state index contributed by atoms with van der Waals surface area (Å²) in [7, 11) is 0. The van der Waals surface area contributed by atoms with Gasteiger partial charge in [-0.15, -0.1) is 0 Å². The predicted molar refractivity (Wildman–Crippen MR) is 48.1 cm³/mol. The normalized spacial score (nSPS) is 9.58. The highest BCUT2D eigenvalue weighted by Crippen LogP contribution is 2.06. The van der Waals surface area contributed by atoms with Crippen molar-refractivity contribution in [3.63, 3.8) is 0 Å². The Kier molecular flexibility index (Phi) is 2.70. The summed E-state index contributed by atoms with van der Waals surface area (Å²) in [4.78, 5) is 14.9. The molecule has 0 aromatic carbocycles. The zero-order valence-electron chi connectivity index (χ0n) is 6.87. The highest BCUT2D eigenvalue weighted by atomic mass is 32.1. The molecule has 0 aliphatic carbocycles. The standard InChI is InChI=1S/C8H9NO2S/c1-5-3-4-7(8(10)11-12)9-6(5)2/h3-4,12H,1-2H3. The molecule has 64 valence electrons. The largest absolute Gasteiger partial charge is 0.390 e. The number of aromatic nitrogens is 1. The lowest BCUT2D eigenvalue weighted by molar-refractivity contribution is 0.0766. The smallest absolute Gasteiger partial charge is 0.368 e. The fourth-order valence-electron chi connectivity index (χ4n) is 0.791. The summed E-state index contributed by atoms with van der Waals surface area (Å²) in [6.45, 7) is 3.77. The van der Waals surface area contributed by atoms with E-state index < -0.39 is 5.97 Å². The van der Waals surface area contributed by atoms with E-state index in [1.807, 2.05) is 19.9 Å². The highest BCUT2D eigenvalue weighted by Gasteiger charge is 2.07. The first kappa shape index (κ1) is 9.06. The molecule has 3 nitrogen and oxygen atoms in total. The number of hydrogen-bond acceptors (Lipinski definition) is 4. The Morgan fingerprint density at radius 3 is 2.67 bits per heavy atom. The summed E-state index contributed by atoms with van der Waals surface area (Å²) in [5.74, 6) is -0.526. The predicted octanol–water partition coefficient (Wildman–Crippen LogP) is 1.70. The second-order valence-electron chi connectivity index (χ2n) is 2.48. The Morgan fingerprint density at radius 1 is 1.50 bits per heavy atom. The fraction of sp³-hybridized carbons (Fsp3) is 0.250. The first-order chi connectivity index (χ1) is 5.65. The molecule has 0 unspecified atom stereocenters. The van der Waals surface area contributed by atoms with E-state index in [0.29, 0.717) is 0 Å². The van der Waals surface area contributed by atoms with E-state index in [-0.39, 0.29) is 5.69 Å². The average Bonchev–Trinajstić information content (AvgIpc) is 2.08. The monoisotopic (exact) mass is 183 g/mol. The topological polar surface area (TPSA) is 39.2 Å². The van der Waals surface area contributed by atoms with Gasteiger partial charge >= 0.3 is 5.97 Å². The van der Waals surface area contributed by atoms with E-state index in [1.54, 1.807) is 6.07 Å². The minimum absolute atomic E-state index is 0.285. The zero-order chi connectivity index (χ0) is 9.14. The molecule has 12 heavy (non-hydrogen) atoms. The molecule has 0 amide bonds. The number of hydrogen-bond donors (Lipinski definition) is 1. The van der Waals surface area contributed by atoms with Crippen LogP contribution in [-0.2, 0) is 4.18 Å². The van der Waals surface area contributed by atoms with Gasteiger partial charge in [-0.3, -0.25) is 0 Å². The van der Waals surface area contributed by atoms with Gasteiger partial charge in [-0.25, -0.2) is 9.78 Å². The lowest BCUT2D eigenvalue weighted by Crippen LogP contribution is -2.03. The van der Waals surface area contributed by atoms with Gasteiger partial charge in [0.15, 0.2) is 0 Å². The molecule has 0 fully saturated rings. The minimum atomic E-state index is -0.526. The van der Waals surface area contributed by atoms with Crippen molar-refractivity contribution in [3.8, 4) is 0 Å². The van der Waals surface area contributed by atoms with Gasteiger partial charge in [-0.05, 0) is 25.5 Å². The second-order valence-corrected chi connectivity index (χ2v) is 2.66.